The van der Waals surface area contributed by atoms with Crippen LogP contribution in [0, 0.1) is 5.82 Å². The Morgan fingerprint density at radius 1 is 1.21 bits per heavy atom. The molecular formula is C22H24FN7O2S. The van der Waals surface area contributed by atoms with E-state index in [0.717, 1.165) is 13.0 Å². The van der Waals surface area contributed by atoms with Crippen molar-refractivity contribution < 1.29 is 13.9 Å². The number of nitrogens with zero attached hydrogens (tertiary/aromatic N) is 3. The van der Waals surface area contributed by atoms with Gasteiger partial charge in [0.1, 0.15) is 27.9 Å². The lowest BCUT2D eigenvalue weighted by atomic mass is 10.3. The molecule has 4 rings (SSSR count). The molecule has 3 aromatic heterocycles. The van der Waals surface area contributed by atoms with Gasteiger partial charge in [0.2, 0.25) is 5.95 Å². The lowest BCUT2D eigenvalue weighted by Crippen LogP contribution is -2.15. The zero-order valence-corrected chi connectivity index (χ0v) is 19.0. The van der Waals surface area contributed by atoms with Crippen LogP contribution in [-0.4, -0.2) is 53.0 Å². The maximum atomic E-state index is 14.5. The second-order valence-corrected chi connectivity index (χ2v) is 8.48. The van der Waals surface area contributed by atoms with Crippen LogP contribution in [0.25, 0.3) is 11.0 Å². The summed E-state index contributed by atoms with van der Waals surface area (Å²) in [6.07, 6.45) is 2.57. The van der Waals surface area contributed by atoms with Crippen LogP contribution in [0.4, 0.5) is 27.5 Å². The van der Waals surface area contributed by atoms with Gasteiger partial charge in [0, 0.05) is 18.8 Å². The zero-order chi connectivity index (χ0) is 23.4. The van der Waals surface area contributed by atoms with Crippen molar-refractivity contribution in [1.29, 1.82) is 0 Å². The Balaban J connectivity index is 1.57. The Hall–Kier alpha value is -3.70. The number of fused-ring (bicyclic) bond motifs is 1. The maximum Gasteiger partial charge on any atom is 0.260 e. The minimum Gasteiger partial charge on any atom is -0.493 e. The molecule has 3 heterocycles. The van der Waals surface area contributed by atoms with Crippen LogP contribution in [-0.2, 0) is 0 Å². The third-order valence-corrected chi connectivity index (χ3v) is 5.69. The van der Waals surface area contributed by atoms with Gasteiger partial charge in [-0.1, -0.05) is 0 Å². The molecule has 11 heteroatoms. The number of aromatic amines is 1. The second-order valence-electron chi connectivity index (χ2n) is 7.56. The topological polar surface area (TPSA) is 121 Å². The molecule has 0 atom stereocenters. The number of amides is 1. The molecule has 9 nitrogen and oxygen atoms in total. The molecule has 5 N–H and O–H groups in total. The van der Waals surface area contributed by atoms with Crippen molar-refractivity contribution in [3.8, 4) is 5.75 Å². The molecule has 172 valence electrons. The average Bonchev–Trinajstić information content (AvgIpc) is 3.43. The van der Waals surface area contributed by atoms with E-state index in [2.05, 4.69) is 30.5 Å². The summed E-state index contributed by atoms with van der Waals surface area (Å²) in [5.74, 6) is 0.165. The molecule has 0 aliphatic heterocycles. The number of anilines is 4. The lowest BCUT2D eigenvalue weighted by Gasteiger charge is -2.13. The molecule has 1 amide bonds. The molecule has 0 saturated heterocycles. The number of ether oxygens (including phenoxy) is 1. The van der Waals surface area contributed by atoms with Crippen molar-refractivity contribution in [3.63, 3.8) is 0 Å². The molecule has 0 saturated carbocycles. The number of halogens is 1. The predicted octanol–water partition coefficient (Wildman–Crippen LogP) is 4.08. The van der Waals surface area contributed by atoms with Crippen LogP contribution in [0.5, 0.6) is 5.75 Å². The summed E-state index contributed by atoms with van der Waals surface area (Å²) >= 11 is 1.23. The van der Waals surface area contributed by atoms with Crippen molar-refractivity contribution in [2.24, 2.45) is 5.73 Å². The van der Waals surface area contributed by atoms with Crippen LogP contribution in [0.15, 0.2) is 41.9 Å². The minimum absolute atomic E-state index is 0.173. The standard InChI is InChI=1S/C22H24FN7O2S/c1-30(2)9-3-10-32-13-4-5-15(23)17(12-13)27-22-28-20-14(6-8-25-20)21(29-22)26-16-7-11-33-18(16)19(24)31/h4-8,11-12H,3,9-10H2,1-2H3,(H2,24,31)(H3,25,26,27,28,29). The first-order valence-electron chi connectivity index (χ1n) is 10.2. The molecule has 4 aromatic rings. The highest BCUT2D eigenvalue weighted by atomic mass is 32.1. The van der Waals surface area contributed by atoms with E-state index in [1.807, 2.05) is 14.1 Å². The zero-order valence-electron chi connectivity index (χ0n) is 18.2. The van der Waals surface area contributed by atoms with Crippen LogP contribution in [0.1, 0.15) is 16.1 Å². The van der Waals surface area contributed by atoms with E-state index in [1.165, 1.54) is 17.4 Å². The molecule has 0 fully saturated rings. The second kappa shape index (κ2) is 9.84. The number of primary amides is 1. The fourth-order valence-corrected chi connectivity index (χ4v) is 3.90. The monoisotopic (exact) mass is 469 g/mol. The fourth-order valence-electron chi connectivity index (χ4n) is 3.20. The van der Waals surface area contributed by atoms with Gasteiger partial charge in [-0.25, -0.2) is 4.39 Å². The van der Waals surface area contributed by atoms with Gasteiger partial charge in [-0.2, -0.15) is 9.97 Å². The highest BCUT2D eigenvalue weighted by Gasteiger charge is 2.15. The molecule has 0 aliphatic rings. The van der Waals surface area contributed by atoms with E-state index in [4.69, 9.17) is 10.5 Å². The van der Waals surface area contributed by atoms with Gasteiger partial charge in [-0.15, -0.1) is 11.3 Å². The van der Waals surface area contributed by atoms with Crippen molar-refractivity contribution in [3.05, 3.63) is 52.6 Å². The average molecular weight is 470 g/mol. The molecule has 0 unspecified atom stereocenters. The van der Waals surface area contributed by atoms with Gasteiger partial charge in [0.25, 0.3) is 5.91 Å². The molecule has 1 aromatic carbocycles. The number of benzene rings is 1. The number of nitrogens with one attached hydrogen (secondary N) is 3. The Kier molecular flexibility index (Phi) is 6.71. The van der Waals surface area contributed by atoms with E-state index >= 15 is 0 Å². The summed E-state index contributed by atoms with van der Waals surface area (Å²) in [5, 5.41) is 8.53. The van der Waals surface area contributed by atoms with Crippen molar-refractivity contribution >= 4 is 51.4 Å². The molecule has 0 radical (unpaired) electrons. The number of hydrogen-bond donors (Lipinski definition) is 4. The molecule has 33 heavy (non-hydrogen) atoms. The van der Waals surface area contributed by atoms with Gasteiger partial charge < -0.3 is 31.0 Å². The van der Waals surface area contributed by atoms with Crippen molar-refractivity contribution in [2.45, 2.75) is 6.42 Å². The summed E-state index contributed by atoms with van der Waals surface area (Å²) in [7, 11) is 3.99. The number of nitrogens with two attached hydrogens (primary N) is 1. The molecule has 0 bridgehead atoms. The summed E-state index contributed by atoms with van der Waals surface area (Å²) in [4.78, 5) is 26.1. The van der Waals surface area contributed by atoms with Crippen molar-refractivity contribution in [1.82, 2.24) is 19.9 Å². The first kappa shape index (κ1) is 22.5. The Bertz CT molecular complexity index is 1270. The van der Waals surface area contributed by atoms with Gasteiger partial charge in [0.05, 0.1) is 23.4 Å². The number of H-pyrrole nitrogens is 1. The van der Waals surface area contributed by atoms with E-state index in [1.54, 1.807) is 35.8 Å². The quantitative estimate of drug-likeness (QED) is 0.258. The summed E-state index contributed by atoms with van der Waals surface area (Å²) < 4.78 is 20.2. The highest BCUT2D eigenvalue weighted by molar-refractivity contribution is 7.12. The number of hydrogen-bond acceptors (Lipinski definition) is 8. The number of thiophene rings is 1. The normalized spacial score (nSPS) is 11.2. The summed E-state index contributed by atoms with van der Waals surface area (Å²) in [5.41, 5.74) is 6.72. The van der Waals surface area contributed by atoms with Crippen LogP contribution in [0.3, 0.4) is 0 Å². The van der Waals surface area contributed by atoms with E-state index in [0.29, 0.717) is 39.8 Å². The first-order valence-corrected chi connectivity index (χ1v) is 11.1. The largest absolute Gasteiger partial charge is 0.493 e. The number of aromatic nitrogens is 3. The lowest BCUT2D eigenvalue weighted by molar-refractivity contribution is 0.100. The Morgan fingerprint density at radius 2 is 2.06 bits per heavy atom. The number of carbonyl (C=O) groups excluding carboxylic acids is 1. The van der Waals surface area contributed by atoms with E-state index in [-0.39, 0.29) is 11.6 Å². The van der Waals surface area contributed by atoms with E-state index < -0.39 is 11.7 Å². The summed E-state index contributed by atoms with van der Waals surface area (Å²) in [6, 6.07) is 8.04. The SMILES string of the molecule is CN(C)CCCOc1ccc(F)c(Nc2nc(Nc3ccsc3C(N)=O)c3cc[nH]c3n2)c1. The predicted molar refractivity (Wildman–Crippen MR) is 128 cm³/mol. The molecular weight excluding hydrogens is 445 g/mol. The Labute approximate surface area is 193 Å². The van der Waals surface area contributed by atoms with Crippen LogP contribution >= 0.6 is 11.3 Å². The van der Waals surface area contributed by atoms with Gasteiger partial charge in [0.15, 0.2) is 0 Å². The van der Waals surface area contributed by atoms with Gasteiger partial charge in [-0.05, 0) is 50.2 Å². The fraction of sp³-hybridized carbons (Fsp3) is 0.227. The smallest absolute Gasteiger partial charge is 0.260 e. The van der Waals surface area contributed by atoms with Crippen LogP contribution < -0.4 is 21.1 Å². The van der Waals surface area contributed by atoms with Crippen molar-refractivity contribution in [2.75, 3.05) is 37.9 Å². The third-order valence-electron chi connectivity index (χ3n) is 4.76. The number of rotatable bonds is 10. The minimum atomic E-state index is -0.533. The molecule has 0 spiro atoms. The number of carbonyl (C=O) groups is 1. The van der Waals surface area contributed by atoms with Crippen LogP contribution in [0.2, 0.25) is 0 Å². The highest BCUT2D eigenvalue weighted by Crippen LogP contribution is 2.30. The Morgan fingerprint density at radius 3 is 2.85 bits per heavy atom. The summed E-state index contributed by atoms with van der Waals surface area (Å²) in [6.45, 7) is 1.42. The van der Waals surface area contributed by atoms with Gasteiger partial charge in [-0.3, -0.25) is 4.79 Å². The third kappa shape index (κ3) is 5.38. The van der Waals surface area contributed by atoms with Gasteiger partial charge >= 0.3 is 0 Å². The first-order chi connectivity index (χ1) is 15.9. The van der Waals surface area contributed by atoms with E-state index in [9.17, 15) is 9.18 Å². The molecule has 0 aliphatic carbocycles. The maximum absolute atomic E-state index is 14.5.